The second-order valence-corrected chi connectivity index (χ2v) is 11.3. The van der Waals surface area contributed by atoms with Gasteiger partial charge in [-0.2, -0.15) is 4.99 Å². The first-order valence-corrected chi connectivity index (χ1v) is 12.3. The van der Waals surface area contributed by atoms with E-state index in [1.54, 1.807) is 0 Å². The van der Waals surface area contributed by atoms with Crippen LogP contribution in [0, 0.1) is 20.8 Å². The Kier molecular flexibility index (Phi) is 5.29. The zero-order valence-corrected chi connectivity index (χ0v) is 18.4. The summed E-state index contributed by atoms with van der Waals surface area (Å²) in [6, 6.07) is 13.7. The van der Waals surface area contributed by atoms with Crippen molar-refractivity contribution in [2.75, 3.05) is 16.4 Å². The maximum atomic E-state index is 12.7. The van der Waals surface area contributed by atoms with Crippen LogP contribution in [0.5, 0.6) is 0 Å². The predicted octanol–water partition coefficient (Wildman–Crippen LogP) is 3.46. The monoisotopic (exact) mass is 428 g/mol. The molecule has 4 rings (SSSR count). The Labute approximate surface area is 176 Å². The van der Waals surface area contributed by atoms with Gasteiger partial charge in [0.1, 0.15) is 0 Å². The van der Waals surface area contributed by atoms with Gasteiger partial charge in [-0.1, -0.05) is 47.7 Å². The molecule has 7 heteroatoms. The number of aliphatic imine (C=N–C) groups is 1. The number of rotatable bonds is 3. The van der Waals surface area contributed by atoms with Crippen LogP contribution in [0.3, 0.4) is 0 Å². The molecule has 2 fully saturated rings. The summed E-state index contributed by atoms with van der Waals surface area (Å²) in [7, 11) is -3.07. The van der Waals surface area contributed by atoms with Gasteiger partial charge in [0.05, 0.1) is 24.0 Å². The van der Waals surface area contributed by atoms with Crippen LogP contribution in [0.1, 0.15) is 22.3 Å². The summed E-state index contributed by atoms with van der Waals surface area (Å²) in [5.41, 5.74) is 5.23. The first-order chi connectivity index (χ1) is 13.7. The van der Waals surface area contributed by atoms with Gasteiger partial charge in [0.25, 0.3) is 5.91 Å². The Morgan fingerprint density at radius 2 is 1.90 bits per heavy atom. The molecule has 0 saturated carbocycles. The number of carbonyl (C=O) groups is 1. The van der Waals surface area contributed by atoms with Crippen LogP contribution in [-0.4, -0.2) is 42.3 Å². The molecule has 0 aliphatic carbocycles. The highest BCUT2D eigenvalue weighted by atomic mass is 32.2. The van der Waals surface area contributed by atoms with Crippen molar-refractivity contribution >= 4 is 38.4 Å². The molecule has 2 aliphatic rings. The number of benzene rings is 2. The maximum absolute atomic E-state index is 12.7. The number of hydrogen-bond donors (Lipinski definition) is 0. The fourth-order valence-corrected chi connectivity index (χ4v) is 7.82. The summed E-state index contributed by atoms with van der Waals surface area (Å²) in [6.07, 6.45) is 0.236. The third-order valence-electron chi connectivity index (χ3n) is 5.49. The topological polar surface area (TPSA) is 66.8 Å². The number of sulfone groups is 1. The lowest BCUT2D eigenvalue weighted by atomic mass is 10.1. The Balaban J connectivity index is 1.66. The summed E-state index contributed by atoms with van der Waals surface area (Å²) in [6.45, 7) is 6.07. The number of fused-ring (bicyclic) bond motifs is 1. The lowest BCUT2D eigenvalue weighted by molar-refractivity contribution is -0.117. The van der Waals surface area contributed by atoms with Gasteiger partial charge < -0.3 is 4.90 Å². The van der Waals surface area contributed by atoms with Crippen LogP contribution < -0.4 is 4.90 Å². The number of carbonyl (C=O) groups excluding carboxylic acids is 1. The minimum Gasteiger partial charge on any atom is -0.316 e. The van der Waals surface area contributed by atoms with E-state index >= 15 is 0 Å². The van der Waals surface area contributed by atoms with Gasteiger partial charge >= 0.3 is 0 Å². The molecule has 2 aromatic carbocycles. The average molecular weight is 429 g/mol. The van der Waals surface area contributed by atoms with Crippen molar-refractivity contribution in [3.8, 4) is 0 Å². The van der Waals surface area contributed by atoms with E-state index in [0.717, 1.165) is 22.4 Å². The molecular weight excluding hydrogens is 404 g/mol. The molecule has 2 atom stereocenters. The van der Waals surface area contributed by atoms with Crippen LogP contribution in [0.4, 0.5) is 5.69 Å². The van der Waals surface area contributed by atoms with Crippen molar-refractivity contribution in [2.24, 2.45) is 4.99 Å². The third-order valence-corrected chi connectivity index (χ3v) is 8.70. The summed E-state index contributed by atoms with van der Waals surface area (Å²) in [5.74, 6) is 0.0204. The molecule has 0 radical (unpaired) electrons. The van der Waals surface area contributed by atoms with E-state index < -0.39 is 9.84 Å². The SMILES string of the molecule is Cc1cccc(CC(=O)N=C2S[C@H]3CS(=O)(=O)C[C@@H]3N2c2ccc(C)c(C)c2)c1. The number of hydrogen-bond acceptors (Lipinski definition) is 4. The van der Waals surface area contributed by atoms with E-state index in [1.165, 1.54) is 17.3 Å². The smallest absolute Gasteiger partial charge is 0.252 e. The van der Waals surface area contributed by atoms with Crippen LogP contribution >= 0.6 is 11.8 Å². The fraction of sp³-hybridized carbons (Fsp3) is 0.364. The van der Waals surface area contributed by atoms with E-state index in [4.69, 9.17) is 0 Å². The second kappa shape index (κ2) is 7.61. The number of amides is 1. The van der Waals surface area contributed by atoms with E-state index in [-0.39, 0.29) is 35.1 Å². The fourth-order valence-electron chi connectivity index (χ4n) is 3.88. The number of nitrogens with zero attached hydrogens (tertiary/aromatic N) is 2. The number of anilines is 1. The highest BCUT2D eigenvalue weighted by Crippen LogP contribution is 2.41. The van der Waals surface area contributed by atoms with Crippen LogP contribution in [0.2, 0.25) is 0 Å². The Morgan fingerprint density at radius 3 is 2.62 bits per heavy atom. The minimum absolute atomic E-state index is 0.0906. The Bertz CT molecular complexity index is 1110. The molecule has 2 saturated heterocycles. The maximum Gasteiger partial charge on any atom is 0.252 e. The van der Waals surface area contributed by atoms with Crippen LogP contribution in [0.25, 0.3) is 0 Å². The molecule has 5 nitrogen and oxygen atoms in total. The summed E-state index contributed by atoms with van der Waals surface area (Å²) >= 11 is 1.41. The molecule has 0 spiro atoms. The van der Waals surface area contributed by atoms with Gasteiger partial charge in [-0.15, -0.1) is 0 Å². The number of amidine groups is 1. The van der Waals surface area contributed by atoms with Crippen molar-refractivity contribution in [3.05, 3.63) is 64.7 Å². The van der Waals surface area contributed by atoms with Gasteiger partial charge in [0, 0.05) is 10.9 Å². The second-order valence-electron chi connectivity index (χ2n) is 7.89. The molecule has 1 amide bonds. The first-order valence-electron chi connectivity index (χ1n) is 9.62. The van der Waals surface area contributed by atoms with Crippen molar-refractivity contribution in [3.63, 3.8) is 0 Å². The van der Waals surface area contributed by atoms with Gasteiger partial charge in [0.2, 0.25) is 0 Å². The van der Waals surface area contributed by atoms with Gasteiger partial charge in [-0.05, 0) is 49.6 Å². The third kappa shape index (κ3) is 4.26. The summed E-state index contributed by atoms with van der Waals surface area (Å²) in [5, 5.41) is 0.517. The molecule has 152 valence electrons. The highest BCUT2D eigenvalue weighted by molar-refractivity contribution is 8.16. The first kappa shape index (κ1) is 20.2. The summed E-state index contributed by atoms with van der Waals surface area (Å²) < 4.78 is 24.4. The molecule has 0 bridgehead atoms. The zero-order valence-electron chi connectivity index (χ0n) is 16.8. The van der Waals surface area contributed by atoms with E-state index in [9.17, 15) is 13.2 Å². The van der Waals surface area contributed by atoms with E-state index in [0.29, 0.717) is 5.17 Å². The number of aryl methyl sites for hydroxylation is 3. The minimum atomic E-state index is -3.07. The average Bonchev–Trinajstić information content (AvgIpc) is 3.08. The molecule has 2 aromatic rings. The van der Waals surface area contributed by atoms with Crippen molar-refractivity contribution in [2.45, 2.75) is 38.5 Å². The van der Waals surface area contributed by atoms with Crippen molar-refractivity contribution in [1.82, 2.24) is 0 Å². The van der Waals surface area contributed by atoms with Crippen LogP contribution in [-0.2, 0) is 21.1 Å². The van der Waals surface area contributed by atoms with Gasteiger partial charge in [-0.25, -0.2) is 8.42 Å². The largest absolute Gasteiger partial charge is 0.316 e. The highest BCUT2D eigenvalue weighted by Gasteiger charge is 2.49. The molecular formula is C22H24N2O3S2. The molecule has 2 aliphatic heterocycles. The standard InChI is InChI=1S/C22H24N2O3S2/c1-14-5-4-6-17(9-14)11-21(25)23-22-24(18-8-7-15(2)16(3)10-18)19-12-29(26,27)13-20(19)28-22/h4-10,19-20H,11-13H2,1-3H3/t19-,20-/m0/s1. The molecule has 0 unspecified atom stereocenters. The lowest BCUT2D eigenvalue weighted by Gasteiger charge is -2.25. The van der Waals surface area contributed by atoms with E-state index in [1.807, 2.05) is 68.1 Å². The van der Waals surface area contributed by atoms with Crippen molar-refractivity contribution in [1.29, 1.82) is 0 Å². The predicted molar refractivity (Wildman–Crippen MR) is 120 cm³/mol. The van der Waals surface area contributed by atoms with Gasteiger partial charge in [0.15, 0.2) is 15.0 Å². The van der Waals surface area contributed by atoms with Crippen LogP contribution in [0.15, 0.2) is 47.5 Å². The zero-order chi connectivity index (χ0) is 20.8. The number of thioether (sulfide) groups is 1. The normalized spacial score (nSPS) is 24.1. The molecule has 29 heavy (non-hydrogen) atoms. The molecule has 2 heterocycles. The Morgan fingerprint density at radius 1 is 1.10 bits per heavy atom. The van der Waals surface area contributed by atoms with E-state index in [2.05, 4.69) is 4.99 Å². The Hall–Kier alpha value is -2.12. The lowest BCUT2D eigenvalue weighted by Crippen LogP contribution is -2.37. The molecule has 0 N–H and O–H groups in total. The summed E-state index contributed by atoms with van der Waals surface area (Å²) in [4.78, 5) is 19.1. The van der Waals surface area contributed by atoms with Gasteiger partial charge in [-0.3, -0.25) is 4.79 Å². The molecule has 0 aromatic heterocycles. The van der Waals surface area contributed by atoms with Crippen molar-refractivity contribution < 1.29 is 13.2 Å². The quantitative estimate of drug-likeness (QED) is 0.749.